The molecule has 0 heterocycles. The van der Waals surface area contributed by atoms with Crippen molar-refractivity contribution in [3.8, 4) is 0 Å². The molecular weight excluding hydrogens is 280 g/mol. The Morgan fingerprint density at radius 1 is 0.609 bits per heavy atom. The lowest BCUT2D eigenvalue weighted by atomic mass is 9.94. The lowest BCUT2D eigenvalue weighted by Crippen LogP contribution is -1.99. The van der Waals surface area contributed by atoms with Crippen LogP contribution in [0.15, 0.2) is 91.0 Å². The van der Waals surface area contributed by atoms with E-state index in [2.05, 4.69) is 60.7 Å². The van der Waals surface area contributed by atoms with Crippen LogP contribution < -0.4 is 0 Å². The van der Waals surface area contributed by atoms with E-state index in [0.29, 0.717) is 6.61 Å². The van der Waals surface area contributed by atoms with Crippen molar-refractivity contribution in [1.82, 2.24) is 0 Å². The van der Waals surface area contributed by atoms with Gasteiger partial charge in [0.15, 0.2) is 0 Å². The average molecular weight is 300 g/mol. The van der Waals surface area contributed by atoms with Crippen LogP contribution in [0.5, 0.6) is 0 Å². The van der Waals surface area contributed by atoms with Crippen molar-refractivity contribution in [2.24, 2.45) is 0 Å². The zero-order chi connectivity index (χ0) is 15.9. The molecule has 1 heteroatoms. The van der Waals surface area contributed by atoms with Crippen LogP contribution in [0.3, 0.4) is 0 Å². The van der Waals surface area contributed by atoms with Crippen LogP contribution in [0.2, 0.25) is 0 Å². The highest BCUT2D eigenvalue weighted by Crippen LogP contribution is 2.32. The van der Waals surface area contributed by atoms with E-state index < -0.39 is 0 Å². The fourth-order valence-electron chi connectivity index (χ4n) is 2.67. The van der Waals surface area contributed by atoms with Crippen LogP contribution in [-0.2, 0) is 4.74 Å². The first kappa shape index (κ1) is 15.1. The minimum atomic E-state index is 0.632. The molecule has 0 bridgehead atoms. The Bertz CT molecular complexity index is 717. The minimum Gasteiger partial charge on any atom is -0.493 e. The van der Waals surface area contributed by atoms with Gasteiger partial charge in [0.25, 0.3) is 0 Å². The standard InChI is InChI=1S/C22H20O/c1-2-23-22(20-16-10-5-11-17-20)21(18-12-6-3-7-13-18)19-14-8-4-9-15-19/h3-17H,2H2,1H3. The van der Waals surface area contributed by atoms with Crippen LogP contribution in [0, 0.1) is 0 Å². The predicted molar refractivity (Wildman–Crippen MR) is 96.9 cm³/mol. The first-order chi connectivity index (χ1) is 11.4. The molecule has 1 nitrogen and oxygen atoms in total. The molecule has 0 aliphatic carbocycles. The highest BCUT2D eigenvalue weighted by Gasteiger charge is 2.14. The summed E-state index contributed by atoms with van der Waals surface area (Å²) in [4.78, 5) is 0. The van der Waals surface area contributed by atoms with Gasteiger partial charge in [-0.1, -0.05) is 91.0 Å². The van der Waals surface area contributed by atoms with Crippen molar-refractivity contribution in [2.75, 3.05) is 6.61 Å². The van der Waals surface area contributed by atoms with E-state index in [-0.39, 0.29) is 0 Å². The van der Waals surface area contributed by atoms with Crippen LogP contribution in [0.25, 0.3) is 11.3 Å². The van der Waals surface area contributed by atoms with Gasteiger partial charge >= 0.3 is 0 Å². The van der Waals surface area contributed by atoms with E-state index >= 15 is 0 Å². The van der Waals surface area contributed by atoms with E-state index in [1.54, 1.807) is 0 Å². The molecule has 0 saturated carbocycles. The summed E-state index contributed by atoms with van der Waals surface area (Å²) in [5.41, 5.74) is 4.54. The highest BCUT2D eigenvalue weighted by molar-refractivity contribution is 5.96. The van der Waals surface area contributed by atoms with E-state index in [1.165, 1.54) is 0 Å². The molecule has 0 aliphatic rings. The van der Waals surface area contributed by atoms with E-state index in [1.807, 2.05) is 37.3 Å². The maximum absolute atomic E-state index is 6.08. The van der Waals surface area contributed by atoms with Gasteiger partial charge in [-0.3, -0.25) is 0 Å². The molecule has 114 valence electrons. The molecule has 0 N–H and O–H groups in total. The molecule has 0 fully saturated rings. The fourth-order valence-corrected chi connectivity index (χ4v) is 2.67. The second kappa shape index (κ2) is 7.46. The highest BCUT2D eigenvalue weighted by atomic mass is 16.5. The summed E-state index contributed by atoms with van der Waals surface area (Å²) in [7, 11) is 0. The van der Waals surface area contributed by atoms with Gasteiger partial charge in [0.2, 0.25) is 0 Å². The van der Waals surface area contributed by atoms with Crippen molar-refractivity contribution in [2.45, 2.75) is 6.92 Å². The smallest absolute Gasteiger partial charge is 0.134 e. The fraction of sp³-hybridized carbons (Fsp3) is 0.0909. The predicted octanol–water partition coefficient (Wildman–Crippen LogP) is 5.64. The molecule has 0 saturated heterocycles. The lowest BCUT2D eigenvalue weighted by Gasteiger charge is -2.17. The Morgan fingerprint density at radius 3 is 1.39 bits per heavy atom. The SMILES string of the molecule is CCOC(=C(c1ccccc1)c1ccccc1)c1ccccc1. The maximum Gasteiger partial charge on any atom is 0.134 e. The molecule has 3 rings (SSSR count). The number of rotatable bonds is 5. The third-order valence-corrected chi connectivity index (χ3v) is 3.68. The van der Waals surface area contributed by atoms with Gasteiger partial charge < -0.3 is 4.74 Å². The number of ether oxygens (including phenoxy) is 1. The molecule has 23 heavy (non-hydrogen) atoms. The summed E-state index contributed by atoms with van der Waals surface area (Å²) in [6.45, 7) is 2.66. The molecule has 0 aromatic heterocycles. The molecule has 0 spiro atoms. The quantitative estimate of drug-likeness (QED) is 0.437. The molecule has 0 aliphatic heterocycles. The summed E-state index contributed by atoms with van der Waals surface area (Å²) in [6, 6.07) is 31.1. The molecule has 3 aromatic rings. The van der Waals surface area contributed by atoms with Gasteiger partial charge in [0, 0.05) is 11.1 Å². The zero-order valence-electron chi connectivity index (χ0n) is 13.3. The summed E-state index contributed by atoms with van der Waals surface area (Å²) in [5, 5.41) is 0. The third-order valence-electron chi connectivity index (χ3n) is 3.68. The number of benzene rings is 3. The topological polar surface area (TPSA) is 9.23 Å². The maximum atomic E-state index is 6.08. The van der Waals surface area contributed by atoms with Crippen molar-refractivity contribution >= 4 is 11.3 Å². The van der Waals surface area contributed by atoms with Crippen LogP contribution in [-0.4, -0.2) is 6.61 Å². The van der Waals surface area contributed by atoms with Gasteiger partial charge in [-0.15, -0.1) is 0 Å². The van der Waals surface area contributed by atoms with Crippen molar-refractivity contribution in [3.63, 3.8) is 0 Å². The Kier molecular flexibility index (Phi) is 4.90. The first-order valence-corrected chi connectivity index (χ1v) is 7.93. The average Bonchev–Trinajstić information content (AvgIpc) is 2.64. The number of hydrogen-bond donors (Lipinski definition) is 0. The van der Waals surface area contributed by atoms with Crippen LogP contribution in [0.1, 0.15) is 23.6 Å². The van der Waals surface area contributed by atoms with Gasteiger partial charge in [-0.2, -0.15) is 0 Å². The summed E-state index contributed by atoms with van der Waals surface area (Å²) >= 11 is 0. The minimum absolute atomic E-state index is 0.632. The van der Waals surface area contributed by atoms with Gasteiger partial charge in [-0.25, -0.2) is 0 Å². The lowest BCUT2D eigenvalue weighted by molar-refractivity contribution is 0.299. The van der Waals surface area contributed by atoms with Crippen molar-refractivity contribution in [3.05, 3.63) is 108 Å². The van der Waals surface area contributed by atoms with Gasteiger partial charge in [0.1, 0.15) is 5.76 Å². The first-order valence-electron chi connectivity index (χ1n) is 7.93. The Balaban J connectivity index is 2.27. The second-order valence-corrected chi connectivity index (χ2v) is 5.24. The summed E-state index contributed by atoms with van der Waals surface area (Å²) in [6.07, 6.45) is 0. The van der Waals surface area contributed by atoms with Crippen LogP contribution >= 0.6 is 0 Å². The monoisotopic (exact) mass is 300 g/mol. The summed E-state index contributed by atoms with van der Waals surface area (Å²) in [5.74, 6) is 0.922. The molecule has 0 amide bonds. The third kappa shape index (κ3) is 3.51. The molecule has 3 aromatic carbocycles. The molecule has 0 radical (unpaired) electrons. The van der Waals surface area contributed by atoms with Crippen molar-refractivity contribution < 1.29 is 4.74 Å². The molecular formula is C22H20O. The van der Waals surface area contributed by atoms with Crippen molar-refractivity contribution in [1.29, 1.82) is 0 Å². The Labute approximate surface area is 137 Å². The zero-order valence-corrected chi connectivity index (χ0v) is 13.3. The summed E-state index contributed by atoms with van der Waals surface area (Å²) < 4.78 is 6.08. The Morgan fingerprint density at radius 2 is 1.00 bits per heavy atom. The second-order valence-electron chi connectivity index (χ2n) is 5.24. The van der Waals surface area contributed by atoms with E-state index in [9.17, 15) is 0 Å². The molecule has 0 atom stereocenters. The van der Waals surface area contributed by atoms with Crippen LogP contribution in [0.4, 0.5) is 0 Å². The molecule has 0 unspecified atom stereocenters. The largest absolute Gasteiger partial charge is 0.493 e. The van der Waals surface area contributed by atoms with Gasteiger partial charge in [-0.05, 0) is 18.1 Å². The number of hydrogen-bond acceptors (Lipinski definition) is 1. The van der Waals surface area contributed by atoms with E-state index in [4.69, 9.17) is 4.74 Å². The van der Waals surface area contributed by atoms with E-state index in [0.717, 1.165) is 28.0 Å². The van der Waals surface area contributed by atoms with Gasteiger partial charge in [0.05, 0.1) is 6.61 Å². The normalized spacial score (nSPS) is 10.1. The Hall–Kier alpha value is -2.80.